The van der Waals surface area contributed by atoms with Crippen LogP contribution in [0.15, 0.2) is 97.2 Å². The summed E-state index contributed by atoms with van der Waals surface area (Å²) in [5.74, 6) is -2.42. The molecule has 4 N–H and O–H groups in total. The summed E-state index contributed by atoms with van der Waals surface area (Å²) in [6.45, 7) is 2.45. The molecule has 0 aliphatic rings. The van der Waals surface area contributed by atoms with E-state index in [1.807, 2.05) is 0 Å². The number of ether oxygens (including phenoxy) is 1. The van der Waals surface area contributed by atoms with Crippen LogP contribution in [-0.4, -0.2) is 64.9 Å². The summed E-state index contributed by atoms with van der Waals surface area (Å²) in [6.07, 6.45) is 64.2. The lowest BCUT2D eigenvalue weighted by Crippen LogP contribution is -2.43. The van der Waals surface area contributed by atoms with Gasteiger partial charge in [0.15, 0.2) is 6.04 Å². The van der Waals surface area contributed by atoms with Crippen LogP contribution in [0.25, 0.3) is 0 Å². The number of aliphatic carboxylic acids is 1. The Morgan fingerprint density at radius 1 is 0.485 bits per heavy atom. The number of allylic oxidation sites excluding steroid dienone is 16. The minimum absolute atomic E-state index is 0.110. The molecule has 0 aromatic carbocycles. The molecular weight excluding hydrogens is 878 g/mol. The van der Waals surface area contributed by atoms with Gasteiger partial charge >= 0.3 is 19.8 Å². The van der Waals surface area contributed by atoms with Crippen molar-refractivity contribution >= 4 is 25.7 Å². The molecule has 0 spiro atoms. The maximum absolute atomic E-state index is 12.4. The average molecular weight is 972 g/mol. The quantitative estimate of drug-likeness (QED) is 0.0199. The van der Waals surface area contributed by atoms with Gasteiger partial charge in [-0.1, -0.05) is 195 Å². The van der Waals surface area contributed by atoms with Crippen LogP contribution >= 0.6 is 7.82 Å². The van der Waals surface area contributed by atoms with Crippen LogP contribution in [0.1, 0.15) is 206 Å². The number of aliphatic hydroxyl groups excluding tert-OH is 1. The predicted octanol–water partition coefficient (Wildman–Crippen LogP) is 14.8. The second kappa shape index (κ2) is 49.8. The largest absolute Gasteiger partial charge is 0.480 e. The van der Waals surface area contributed by atoms with Gasteiger partial charge in [0, 0.05) is 12.8 Å². The number of carboxylic acid groups (broad SMARTS) is 1. The van der Waals surface area contributed by atoms with Crippen molar-refractivity contribution in [1.29, 1.82) is 0 Å². The summed E-state index contributed by atoms with van der Waals surface area (Å²) in [5, 5.41) is 21.9. The van der Waals surface area contributed by atoms with Crippen LogP contribution in [0, 0.1) is 0 Å². The number of aliphatic hydroxyl groups is 1. The van der Waals surface area contributed by atoms with E-state index in [4.69, 9.17) is 13.8 Å². The first-order valence-electron chi connectivity index (χ1n) is 26.3. The minimum Gasteiger partial charge on any atom is -0.480 e. The van der Waals surface area contributed by atoms with Gasteiger partial charge in [0.25, 0.3) is 0 Å². The molecule has 68 heavy (non-hydrogen) atoms. The standard InChI is InChI=1S/C56H94NO10P/c1-3-5-7-9-11-13-15-17-19-21-23-25-26-28-29-31-33-35-37-39-41-43-45-47-54(59)57-53(56(61)62)51-67-68(63,64)66-50-52(58)49-65-55(60)48-46-44-42-40-38-36-34-32-30-27-24-22-20-18-16-14-12-10-8-6-4-2/h5,7,11-14,17-20,23,25,28-29,33,35,52-53,58H,3-4,6,8-10,15-16,21-22,24,26-27,30-32,34,36-51H2,1-2H3,(H,57,59)(H,61,62)(H,63,64)/b7-5-,13-11-,14-12-,19-17-,20-18-,25-23-,29-28-,35-33-. The smallest absolute Gasteiger partial charge is 0.472 e. The van der Waals surface area contributed by atoms with Crippen molar-refractivity contribution in [3.63, 3.8) is 0 Å². The summed E-state index contributed by atoms with van der Waals surface area (Å²) in [5.41, 5.74) is 0. The fraction of sp³-hybridized carbons (Fsp3) is 0.661. The van der Waals surface area contributed by atoms with Gasteiger partial charge in [-0.25, -0.2) is 9.36 Å². The number of carboxylic acids is 1. The van der Waals surface area contributed by atoms with E-state index in [0.29, 0.717) is 12.8 Å². The van der Waals surface area contributed by atoms with Gasteiger partial charge in [0.2, 0.25) is 5.91 Å². The van der Waals surface area contributed by atoms with Gasteiger partial charge in [-0.05, 0) is 96.3 Å². The second-order valence-corrected chi connectivity index (χ2v) is 18.8. The van der Waals surface area contributed by atoms with Gasteiger partial charge in [0.05, 0.1) is 13.2 Å². The number of phosphoric acid groups is 1. The van der Waals surface area contributed by atoms with Crippen LogP contribution in [0.5, 0.6) is 0 Å². The van der Waals surface area contributed by atoms with Crippen molar-refractivity contribution < 1.29 is 47.8 Å². The summed E-state index contributed by atoms with van der Waals surface area (Å²) >= 11 is 0. The van der Waals surface area contributed by atoms with E-state index in [1.165, 1.54) is 77.0 Å². The number of rotatable bonds is 48. The Morgan fingerprint density at radius 3 is 1.28 bits per heavy atom. The monoisotopic (exact) mass is 972 g/mol. The number of unbranched alkanes of at least 4 members (excludes halogenated alkanes) is 18. The van der Waals surface area contributed by atoms with E-state index in [2.05, 4.69) is 116 Å². The zero-order valence-corrected chi connectivity index (χ0v) is 43.3. The first-order chi connectivity index (χ1) is 33.1. The molecular formula is C56H94NO10P. The molecule has 1 amide bonds. The number of nitrogens with one attached hydrogen (secondary N) is 1. The summed E-state index contributed by atoms with van der Waals surface area (Å²) in [4.78, 5) is 46.2. The number of hydrogen-bond donors (Lipinski definition) is 4. The lowest BCUT2D eigenvalue weighted by Gasteiger charge is -2.18. The van der Waals surface area contributed by atoms with Crippen molar-refractivity contribution in [3.05, 3.63) is 97.2 Å². The van der Waals surface area contributed by atoms with Crippen LogP contribution in [-0.2, 0) is 32.7 Å². The zero-order chi connectivity index (χ0) is 49.9. The van der Waals surface area contributed by atoms with Gasteiger partial charge in [-0.2, -0.15) is 0 Å². The van der Waals surface area contributed by atoms with Gasteiger partial charge in [-0.15, -0.1) is 0 Å². The fourth-order valence-corrected chi connectivity index (χ4v) is 7.59. The third-order valence-corrected chi connectivity index (χ3v) is 11.8. The van der Waals surface area contributed by atoms with Gasteiger partial charge in [-0.3, -0.25) is 18.6 Å². The topological polar surface area (TPSA) is 169 Å². The Morgan fingerprint density at radius 2 is 0.853 bits per heavy atom. The van der Waals surface area contributed by atoms with Crippen molar-refractivity contribution in [3.8, 4) is 0 Å². The van der Waals surface area contributed by atoms with Crippen LogP contribution in [0.3, 0.4) is 0 Å². The summed E-state index contributed by atoms with van der Waals surface area (Å²) < 4.78 is 27.0. The molecule has 0 radical (unpaired) electrons. The SMILES string of the molecule is CC/C=C\C/C=C\C/C=C\C/C=C\C/C=C\C/C=C\CCCCCCC(=O)NC(COP(=O)(O)OCC(O)COC(=O)CCCCCCCCCCCCC/C=C\C/C=C\CCCCC)C(=O)O. The molecule has 12 heteroatoms. The molecule has 3 unspecified atom stereocenters. The lowest BCUT2D eigenvalue weighted by molar-refractivity contribution is -0.147. The molecule has 0 fully saturated rings. The van der Waals surface area contributed by atoms with Crippen LogP contribution < -0.4 is 5.32 Å². The maximum Gasteiger partial charge on any atom is 0.472 e. The zero-order valence-electron chi connectivity index (χ0n) is 42.4. The average Bonchev–Trinajstić information content (AvgIpc) is 3.32. The maximum atomic E-state index is 12.4. The molecule has 0 aliphatic carbocycles. The lowest BCUT2D eigenvalue weighted by atomic mass is 10.0. The molecule has 0 aliphatic heterocycles. The van der Waals surface area contributed by atoms with Crippen molar-refractivity contribution in [2.24, 2.45) is 0 Å². The number of amides is 1. The van der Waals surface area contributed by atoms with Crippen molar-refractivity contribution in [1.82, 2.24) is 5.32 Å². The molecule has 0 saturated heterocycles. The molecule has 0 heterocycles. The molecule has 3 atom stereocenters. The Bertz CT molecular complexity index is 1510. The van der Waals surface area contributed by atoms with Crippen molar-refractivity contribution in [2.75, 3.05) is 19.8 Å². The first-order valence-corrected chi connectivity index (χ1v) is 27.8. The van der Waals surface area contributed by atoms with E-state index in [1.54, 1.807) is 0 Å². The summed E-state index contributed by atoms with van der Waals surface area (Å²) in [6, 6.07) is -1.57. The molecule has 0 rings (SSSR count). The molecule has 0 bridgehead atoms. The van der Waals surface area contributed by atoms with Gasteiger partial charge in [0.1, 0.15) is 12.7 Å². The number of hydrogen-bond acceptors (Lipinski definition) is 8. The Kier molecular flexibility index (Phi) is 47.2. The molecule has 11 nitrogen and oxygen atoms in total. The Balaban J connectivity index is 3.89. The normalized spacial score (nSPS) is 14.3. The van der Waals surface area contributed by atoms with E-state index in [9.17, 15) is 34.1 Å². The highest BCUT2D eigenvalue weighted by Crippen LogP contribution is 2.43. The van der Waals surface area contributed by atoms with Crippen LogP contribution in [0.4, 0.5) is 0 Å². The minimum atomic E-state index is -4.78. The molecule has 0 aromatic rings. The Labute approximate surface area is 413 Å². The first kappa shape index (κ1) is 64.4. The highest BCUT2D eigenvalue weighted by atomic mass is 31.2. The molecule has 0 saturated carbocycles. The fourth-order valence-electron chi connectivity index (χ4n) is 6.82. The number of phosphoric ester groups is 1. The van der Waals surface area contributed by atoms with E-state index in [0.717, 1.165) is 89.9 Å². The highest BCUT2D eigenvalue weighted by Gasteiger charge is 2.28. The third-order valence-electron chi connectivity index (χ3n) is 10.9. The highest BCUT2D eigenvalue weighted by molar-refractivity contribution is 7.47. The van der Waals surface area contributed by atoms with Gasteiger partial charge < -0.3 is 25.2 Å². The van der Waals surface area contributed by atoms with E-state index < -0.39 is 57.6 Å². The Hall–Kier alpha value is -3.60. The van der Waals surface area contributed by atoms with Crippen molar-refractivity contribution in [2.45, 2.75) is 219 Å². The number of carbonyl (C=O) groups excluding carboxylic acids is 2. The number of esters is 1. The predicted molar refractivity (Wildman–Crippen MR) is 281 cm³/mol. The van der Waals surface area contributed by atoms with E-state index >= 15 is 0 Å². The third kappa shape index (κ3) is 48.8. The molecule has 388 valence electrons. The molecule has 0 aromatic heterocycles. The summed E-state index contributed by atoms with van der Waals surface area (Å²) in [7, 11) is -4.78. The second-order valence-electron chi connectivity index (χ2n) is 17.3. The van der Waals surface area contributed by atoms with Crippen LogP contribution in [0.2, 0.25) is 0 Å². The number of carbonyl (C=O) groups is 3. The van der Waals surface area contributed by atoms with E-state index in [-0.39, 0.29) is 12.8 Å².